The van der Waals surface area contributed by atoms with Crippen LogP contribution in [0.3, 0.4) is 0 Å². The van der Waals surface area contributed by atoms with Gasteiger partial charge in [0.05, 0.1) is 13.1 Å². The number of likely N-dealkylation sites (N-methyl/N-ethyl adjacent to an activating group) is 1. The Bertz CT molecular complexity index is 576. The van der Waals surface area contributed by atoms with E-state index in [1.54, 1.807) is 24.1 Å². The first-order valence-corrected chi connectivity index (χ1v) is 7.45. The first kappa shape index (κ1) is 16.4. The molecule has 1 atom stereocenters. The van der Waals surface area contributed by atoms with E-state index in [-0.39, 0.29) is 24.5 Å². The van der Waals surface area contributed by atoms with E-state index in [4.69, 9.17) is 16.3 Å². The minimum absolute atomic E-state index is 0.0503. The van der Waals surface area contributed by atoms with Crippen LogP contribution >= 0.6 is 11.6 Å². The van der Waals surface area contributed by atoms with Gasteiger partial charge in [-0.05, 0) is 24.3 Å². The van der Waals surface area contributed by atoms with E-state index < -0.39 is 0 Å². The summed E-state index contributed by atoms with van der Waals surface area (Å²) in [4.78, 5) is 26.6. The molecule has 1 aliphatic rings. The quantitative estimate of drug-likeness (QED) is 0.779. The minimum atomic E-state index is -0.265. The van der Waals surface area contributed by atoms with E-state index in [0.717, 1.165) is 6.42 Å². The molecule has 5 nitrogen and oxygen atoms in total. The molecule has 2 amide bonds. The molecule has 0 aromatic heterocycles. The van der Waals surface area contributed by atoms with Gasteiger partial charge in [-0.2, -0.15) is 0 Å². The Morgan fingerprint density at radius 2 is 2.32 bits per heavy atom. The fourth-order valence-corrected chi connectivity index (χ4v) is 2.50. The maximum absolute atomic E-state index is 12.1. The van der Waals surface area contributed by atoms with Crippen molar-refractivity contribution in [1.82, 2.24) is 9.80 Å². The summed E-state index contributed by atoms with van der Waals surface area (Å²) in [5.74, 6) is 0.347. The molecule has 0 aliphatic carbocycles. The monoisotopic (exact) mass is 322 g/mol. The van der Waals surface area contributed by atoms with E-state index in [2.05, 4.69) is 6.58 Å². The van der Waals surface area contributed by atoms with Crippen LogP contribution in [0.5, 0.6) is 5.75 Å². The molecule has 22 heavy (non-hydrogen) atoms. The Morgan fingerprint density at radius 1 is 1.55 bits per heavy atom. The molecule has 0 radical (unpaired) electrons. The van der Waals surface area contributed by atoms with E-state index in [1.807, 2.05) is 12.1 Å². The van der Waals surface area contributed by atoms with Gasteiger partial charge in [-0.1, -0.05) is 24.2 Å². The van der Waals surface area contributed by atoms with E-state index in [1.165, 1.54) is 11.0 Å². The number of rotatable bonds is 5. The molecule has 1 aliphatic heterocycles. The first-order chi connectivity index (χ1) is 10.5. The predicted octanol–water partition coefficient (Wildman–Crippen LogP) is 1.96. The number of hydrogen-bond donors (Lipinski definition) is 0. The van der Waals surface area contributed by atoms with Gasteiger partial charge in [0, 0.05) is 25.0 Å². The number of hydrogen-bond acceptors (Lipinski definition) is 3. The molecule has 0 unspecified atom stereocenters. The topological polar surface area (TPSA) is 49.9 Å². The van der Waals surface area contributed by atoms with Crippen LogP contribution in [0.15, 0.2) is 36.9 Å². The maximum Gasteiger partial charge on any atom is 0.246 e. The highest BCUT2D eigenvalue weighted by atomic mass is 35.5. The van der Waals surface area contributed by atoms with Crippen molar-refractivity contribution in [3.63, 3.8) is 0 Å². The van der Waals surface area contributed by atoms with Crippen LogP contribution < -0.4 is 4.74 Å². The van der Waals surface area contributed by atoms with Gasteiger partial charge in [-0.15, -0.1) is 0 Å². The van der Waals surface area contributed by atoms with Gasteiger partial charge in [-0.25, -0.2) is 0 Å². The highest BCUT2D eigenvalue weighted by Gasteiger charge is 2.28. The number of amides is 2. The van der Waals surface area contributed by atoms with Crippen LogP contribution in [-0.2, 0) is 9.59 Å². The van der Waals surface area contributed by atoms with E-state index in [0.29, 0.717) is 23.9 Å². The number of nitrogens with zero attached hydrogens (tertiary/aromatic N) is 2. The molecule has 0 N–H and O–H groups in total. The van der Waals surface area contributed by atoms with Gasteiger partial charge in [0.2, 0.25) is 11.8 Å². The summed E-state index contributed by atoms with van der Waals surface area (Å²) in [7, 11) is 1.58. The van der Waals surface area contributed by atoms with Crippen molar-refractivity contribution in [2.24, 2.45) is 0 Å². The van der Waals surface area contributed by atoms with Gasteiger partial charge >= 0.3 is 0 Å². The normalized spacial score (nSPS) is 17.2. The summed E-state index contributed by atoms with van der Waals surface area (Å²) < 4.78 is 5.84. The number of carbonyl (C=O) groups excluding carboxylic acids is 2. The fourth-order valence-electron chi connectivity index (χ4n) is 2.32. The highest BCUT2D eigenvalue weighted by molar-refractivity contribution is 6.30. The van der Waals surface area contributed by atoms with Gasteiger partial charge < -0.3 is 14.5 Å². The summed E-state index contributed by atoms with van der Waals surface area (Å²) in [6.45, 7) is 4.60. The van der Waals surface area contributed by atoms with Gasteiger partial charge in [0.15, 0.2) is 0 Å². The molecule has 1 aromatic rings. The maximum atomic E-state index is 12.1. The molecule has 0 spiro atoms. The number of carbonyl (C=O) groups is 2. The van der Waals surface area contributed by atoms with Gasteiger partial charge in [-0.3, -0.25) is 9.59 Å². The molecular weight excluding hydrogens is 304 g/mol. The molecule has 1 heterocycles. The summed E-state index contributed by atoms with van der Waals surface area (Å²) >= 11 is 5.92. The summed E-state index contributed by atoms with van der Waals surface area (Å²) in [6.07, 6.45) is 1.91. The van der Waals surface area contributed by atoms with Crippen molar-refractivity contribution in [1.29, 1.82) is 0 Å². The second-order valence-electron chi connectivity index (χ2n) is 5.22. The summed E-state index contributed by atoms with van der Waals surface area (Å²) in [5, 5.41) is 0.619. The average Bonchev–Trinajstić information content (AvgIpc) is 2.95. The van der Waals surface area contributed by atoms with Gasteiger partial charge in [0.25, 0.3) is 0 Å². The van der Waals surface area contributed by atoms with Crippen LogP contribution in [0.1, 0.15) is 6.42 Å². The fraction of sp³-hybridized carbons (Fsp3) is 0.375. The van der Waals surface area contributed by atoms with Crippen LogP contribution in [0.2, 0.25) is 5.02 Å². The molecule has 0 saturated carbocycles. The number of likely N-dealkylation sites (tertiary alicyclic amines) is 1. The highest BCUT2D eigenvalue weighted by Crippen LogP contribution is 2.21. The predicted molar refractivity (Wildman–Crippen MR) is 84.9 cm³/mol. The Hall–Kier alpha value is -2.01. The average molecular weight is 323 g/mol. The second kappa shape index (κ2) is 7.31. The largest absolute Gasteiger partial charge is 0.488 e. The molecule has 0 bridgehead atoms. The third-order valence-electron chi connectivity index (χ3n) is 3.52. The summed E-state index contributed by atoms with van der Waals surface area (Å²) in [6, 6.07) is 7.20. The molecule has 6 heteroatoms. The first-order valence-electron chi connectivity index (χ1n) is 7.07. The smallest absolute Gasteiger partial charge is 0.246 e. The van der Waals surface area contributed by atoms with Crippen molar-refractivity contribution >= 4 is 23.4 Å². The lowest BCUT2D eigenvalue weighted by atomic mass is 10.3. The third-order valence-corrected chi connectivity index (χ3v) is 3.75. The summed E-state index contributed by atoms with van der Waals surface area (Å²) in [5.41, 5.74) is 0. The van der Waals surface area contributed by atoms with Crippen LogP contribution in [-0.4, -0.2) is 54.4 Å². The van der Waals surface area contributed by atoms with Crippen molar-refractivity contribution < 1.29 is 14.3 Å². The number of ether oxygens (including phenoxy) is 1. The number of halogens is 1. The Balaban J connectivity index is 1.85. The van der Waals surface area contributed by atoms with E-state index >= 15 is 0 Å². The molecule has 1 saturated heterocycles. The lowest BCUT2D eigenvalue weighted by Crippen LogP contribution is -2.40. The SMILES string of the molecule is C=CC(=O)N(C)CC(=O)N1CC[C@@H](Oc2cccc(Cl)c2)C1. The van der Waals surface area contributed by atoms with Crippen LogP contribution in [0.25, 0.3) is 0 Å². The lowest BCUT2D eigenvalue weighted by Gasteiger charge is -2.21. The molecule has 1 fully saturated rings. The molecular formula is C16H19ClN2O3. The Kier molecular flexibility index (Phi) is 5.44. The van der Waals surface area contributed by atoms with Crippen LogP contribution in [0.4, 0.5) is 0 Å². The second-order valence-corrected chi connectivity index (χ2v) is 5.66. The van der Waals surface area contributed by atoms with Crippen molar-refractivity contribution in [3.8, 4) is 5.75 Å². The van der Waals surface area contributed by atoms with E-state index in [9.17, 15) is 9.59 Å². The molecule has 1 aromatic carbocycles. The standard InChI is InChI=1S/C16H19ClN2O3/c1-3-15(20)18(2)11-16(21)19-8-7-14(10-19)22-13-6-4-5-12(17)9-13/h3-6,9,14H,1,7-8,10-11H2,2H3/t14-/m1/s1. The van der Waals surface area contributed by atoms with Crippen molar-refractivity contribution in [2.45, 2.75) is 12.5 Å². The van der Waals surface area contributed by atoms with Gasteiger partial charge in [0.1, 0.15) is 11.9 Å². The van der Waals surface area contributed by atoms with Crippen LogP contribution in [0, 0.1) is 0 Å². The lowest BCUT2D eigenvalue weighted by molar-refractivity contribution is -0.136. The molecule has 2 rings (SSSR count). The Morgan fingerprint density at radius 3 is 3.00 bits per heavy atom. The van der Waals surface area contributed by atoms with Crippen molar-refractivity contribution in [2.75, 3.05) is 26.7 Å². The van der Waals surface area contributed by atoms with Crippen molar-refractivity contribution in [3.05, 3.63) is 41.9 Å². The Labute approximate surface area is 135 Å². The zero-order chi connectivity index (χ0) is 16.1. The zero-order valence-electron chi connectivity index (χ0n) is 12.5. The molecule has 118 valence electrons. The zero-order valence-corrected chi connectivity index (χ0v) is 13.3. The third kappa shape index (κ3) is 4.24. The minimum Gasteiger partial charge on any atom is -0.488 e. The number of benzene rings is 1.